The van der Waals surface area contributed by atoms with E-state index < -0.39 is 0 Å². The average molecular weight is 484 g/mol. The molecule has 4 aromatic rings. The van der Waals surface area contributed by atoms with Crippen LogP contribution in [0.4, 0.5) is 0 Å². The molecule has 0 unspecified atom stereocenters. The average Bonchev–Trinajstić information content (AvgIpc) is 3.30. The lowest BCUT2D eigenvalue weighted by molar-refractivity contribution is -0.116. The van der Waals surface area contributed by atoms with E-state index in [1.807, 2.05) is 45.0 Å². The molecule has 0 saturated carbocycles. The molecule has 1 aromatic heterocycles. The number of amides is 1. The van der Waals surface area contributed by atoms with Crippen molar-refractivity contribution in [1.29, 1.82) is 0 Å². The number of hydrogen-bond acceptors (Lipinski definition) is 4. The van der Waals surface area contributed by atoms with Crippen LogP contribution in [0.25, 0.3) is 27.7 Å². The number of fused-ring (bicyclic) bond motifs is 1. The van der Waals surface area contributed by atoms with Crippen molar-refractivity contribution in [2.45, 2.75) is 34.1 Å². The Morgan fingerprint density at radius 1 is 1.08 bits per heavy atom. The summed E-state index contributed by atoms with van der Waals surface area (Å²) in [5, 5.41) is 3.99. The van der Waals surface area contributed by atoms with Gasteiger partial charge in [-0.1, -0.05) is 48.0 Å². The summed E-state index contributed by atoms with van der Waals surface area (Å²) >= 11 is 0. The number of carbonyl (C=O) groups excluding carboxylic acids is 1. The summed E-state index contributed by atoms with van der Waals surface area (Å²) in [5.41, 5.74) is 7.81. The van der Waals surface area contributed by atoms with Crippen LogP contribution < -0.4 is 14.8 Å². The van der Waals surface area contributed by atoms with Crippen molar-refractivity contribution in [2.24, 2.45) is 0 Å². The molecule has 0 aliphatic rings. The second kappa shape index (κ2) is 11.2. The van der Waals surface area contributed by atoms with E-state index in [0.29, 0.717) is 19.6 Å². The topological polar surface area (TPSA) is 60.7 Å². The minimum absolute atomic E-state index is 0.145. The molecule has 0 aliphatic heterocycles. The number of furan rings is 1. The summed E-state index contributed by atoms with van der Waals surface area (Å²) in [6, 6.07) is 18.3. The van der Waals surface area contributed by atoms with E-state index >= 15 is 0 Å². The van der Waals surface area contributed by atoms with Crippen LogP contribution in [-0.4, -0.2) is 26.2 Å². The Balaban J connectivity index is 1.62. The van der Waals surface area contributed by atoms with Crippen LogP contribution in [0, 0.1) is 13.8 Å². The zero-order chi connectivity index (χ0) is 25.7. The van der Waals surface area contributed by atoms with Crippen molar-refractivity contribution in [3.05, 3.63) is 89.2 Å². The molecule has 0 fully saturated rings. The molecule has 5 nitrogen and oxygen atoms in total. The molecule has 1 N–H and O–H groups in total. The fourth-order valence-electron chi connectivity index (χ4n) is 4.45. The number of methoxy groups -OCH3 is 1. The van der Waals surface area contributed by atoms with Gasteiger partial charge in [0.05, 0.1) is 20.0 Å². The van der Waals surface area contributed by atoms with Gasteiger partial charge in [-0.25, -0.2) is 0 Å². The number of nitrogens with one attached hydrogen (secondary N) is 1. The molecule has 5 heteroatoms. The smallest absolute Gasteiger partial charge is 0.244 e. The Morgan fingerprint density at radius 2 is 1.83 bits per heavy atom. The molecule has 36 heavy (non-hydrogen) atoms. The molecule has 186 valence electrons. The fourth-order valence-corrected chi connectivity index (χ4v) is 4.45. The van der Waals surface area contributed by atoms with Gasteiger partial charge in [-0.15, -0.1) is 0 Å². The first-order valence-corrected chi connectivity index (χ1v) is 12.3. The molecule has 1 heterocycles. The number of allylic oxidation sites excluding steroid dienone is 1. The van der Waals surface area contributed by atoms with Crippen LogP contribution in [-0.2, 0) is 11.2 Å². The van der Waals surface area contributed by atoms with Crippen molar-refractivity contribution in [3.8, 4) is 22.6 Å². The van der Waals surface area contributed by atoms with Gasteiger partial charge in [-0.05, 0) is 62.9 Å². The SMILES string of the molecule is CCOc1c(/C(C)=C/C(=O)NCCc2ccccc2OC)cc2c(-c3ccc(C)cc3)coc2c1C. The van der Waals surface area contributed by atoms with E-state index in [0.717, 1.165) is 55.9 Å². The number of rotatable bonds is 9. The van der Waals surface area contributed by atoms with Gasteiger partial charge in [0.25, 0.3) is 0 Å². The van der Waals surface area contributed by atoms with E-state index in [1.54, 1.807) is 19.4 Å². The van der Waals surface area contributed by atoms with E-state index in [2.05, 4.69) is 42.6 Å². The van der Waals surface area contributed by atoms with Crippen LogP contribution in [0.1, 0.15) is 36.1 Å². The number of ether oxygens (including phenoxy) is 2. The Morgan fingerprint density at radius 3 is 2.56 bits per heavy atom. The summed E-state index contributed by atoms with van der Waals surface area (Å²) in [6.45, 7) is 9.00. The lowest BCUT2D eigenvalue weighted by Crippen LogP contribution is -2.24. The molecule has 0 radical (unpaired) electrons. The van der Waals surface area contributed by atoms with Crippen LogP contribution in [0.2, 0.25) is 0 Å². The monoisotopic (exact) mass is 483 g/mol. The summed E-state index contributed by atoms with van der Waals surface area (Å²) in [4.78, 5) is 12.8. The molecule has 4 rings (SSSR count). The van der Waals surface area contributed by atoms with Gasteiger partial charge in [0.15, 0.2) is 0 Å². The Labute approximate surface area is 212 Å². The van der Waals surface area contributed by atoms with E-state index in [4.69, 9.17) is 13.9 Å². The highest BCUT2D eigenvalue weighted by molar-refractivity contribution is 6.01. The van der Waals surface area contributed by atoms with Crippen molar-refractivity contribution in [3.63, 3.8) is 0 Å². The Kier molecular flexibility index (Phi) is 7.79. The predicted octanol–water partition coefficient (Wildman–Crippen LogP) is 6.89. The number of carbonyl (C=O) groups is 1. The second-order valence-corrected chi connectivity index (χ2v) is 8.88. The molecule has 0 saturated heterocycles. The van der Waals surface area contributed by atoms with Gasteiger partial charge in [-0.3, -0.25) is 4.79 Å². The Hall–Kier alpha value is -3.99. The number of benzene rings is 3. The highest BCUT2D eigenvalue weighted by atomic mass is 16.5. The lowest BCUT2D eigenvalue weighted by atomic mass is 9.96. The zero-order valence-electron chi connectivity index (χ0n) is 21.6. The van der Waals surface area contributed by atoms with Crippen molar-refractivity contribution in [2.75, 3.05) is 20.3 Å². The van der Waals surface area contributed by atoms with Crippen LogP contribution >= 0.6 is 0 Å². The summed E-state index contributed by atoms with van der Waals surface area (Å²) in [6.07, 6.45) is 4.12. The van der Waals surface area contributed by atoms with Gasteiger partial charge in [0, 0.05) is 34.7 Å². The summed E-state index contributed by atoms with van der Waals surface area (Å²) < 4.78 is 17.4. The second-order valence-electron chi connectivity index (χ2n) is 8.88. The minimum Gasteiger partial charge on any atom is -0.496 e. The third-order valence-electron chi connectivity index (χ3n) is 6.35. The highest BCUT2D eigenvalue weighted by Crippen LogP contribution is 2.40. The first kappa shape index (κ1) is 25.1. The number of hydrogen-bond donors (Lipinski definition) is 1. The van der Waals surface area contributed by atoms with E-state index in [9.17, 15) is 4.79 Å². The zero-order valence-corrected chi connectivity index (χ0v) is 21.6. The third kappa shape index (κ3) is 5.30. The summed E-state index contributed by atoms with van der Waals surface area (Å²) in [7, 11) is 1.66. The van der Waals surface area contributed by atoms with Crippen molar-refractivity contribution >= 4 is 22.4 Å². The Bertz CT molecular complexity index is 1400. The molecule has 0 bridgehead atoms. The quantitative estimate of drug-likeness (QED) is 0.264. The molecule has 3 aromatic carbocycles. The van der Waals surface area contributed by atoms with Gasteiger partial charge in [0.1, 0.15) is 17.1 Å². The highest BCUT2D eigenvalue weighted by Gasteiger charge is 2.19. The van der Waals surface area contributed by atoms with Gasteiger partial charge in [0.2, 0.25) is 5.91 Å². The number of aryl methyl sites for hydroxylation is 2. The first-order valence-electron chi connectivity index (χ1n) is 12.3. The van der Waals surface area contributed by atoms with Gasteiger partial charge in [-0.2, -0.15) is 0 Å². The maximum Gasteiger partial charge on any atom is 0.244 e. The number of para-hydroxylation sites is 1. The van der Waals surface area contributed by atoms with Crippen molar-refractivity contribution < 1.29 is 18.7 Å². The standard InChI is InChI=1S/C31H33NO4/c1-6-35-30-22(4)31-26(27(19-36-31)23-13-11-20(2)12-14-23)18-25(30)21(3)17-29(33)32-16-15-24-9-7-8-10-28(24)34-5/h7-14,17-19H,6,15-16H2,1-5H3,(H,32,33)/b21-17+. The maximum absolute atomic E-state index is 12.8. The maximum atomic E-state index is 12.8. The van der Waals surface area contributed by atoms with Crippen LogP contribution in [0.3, 0.4) is 0 Å². The molecule has 1 amide bonds. The van der Waals surface area contributed by atoms with Gasteiger partial charge >= 0.3 is 0 Å². The van der Waals surface area contributed by atoms with Crippen molar-refractivity contribution in [1.82, 2.24) is 5.32 Å². The van der Waals surface area contributed by atoms with E-state index in [-0.39, 0.29) is 5.91 Å². The van der Waals surface area contributed by atoms with Crippen LogP contribution in [0.5, 0.6) is 11.5 Å². The predicted molar refractivity (Wildman–Crippen MR) is 146 cm³/mol. The largest absolute Gasteiger partial charge is 0.496 e. The first-order chi connectivity index (χ1) is 17.4. The molecular formula is C31H33NO4. The minimum atomic E-state index is -0.145. The van der Waals surface area contributed by atoms with Crippen LogP contribution in [0.15, 0.2) is 71.4 Å². The molecule has 0 spiro atoms. The van der Waals surface area contributed by atoms with E-state index in [1.165, 1.54) is 5.56 Å². The fraction of sp³-hybridized carbons (Fsp3) is 0.258. The summed E-state index contributed by atoms with van der Waals surface area (Å²) in [5.74, 6) is 1.42. The molecular weight excluding hydrogens is 450 g/mol. The molecule has 0 atom stereocenters. The normalized spacial score (nSPS) is 11.5. The molecule has 0 aliphatic carbocycles. The lowest BCUT2D eigenvalue weighted by Gasteiger charge is -2.15. The third-order valence-corrected chi connectivity index (χ3v) is 6.35. The van der Waals surface area contributed by atoms with Gasteiger partial charge < -0.3 is 19.2 Å².